The van der Waals surface area contributed by atoms with Gasteiger partial charge in [0.25, 0.3) is 10.0 Å². The molecule has 108 valence electrons. The third-order valence-corrected chi connectivity index (χ3v) is 5.84. The molecule has 0 bridgehead atoms. The van der Waals surface area contributed by atoms with Gasteiger partial charge in [-0.05, 0) is 30.7 Å². The molecule has 5 nitrogen and oxygen atoms in total. The largest absolute Gasteiger partial charge is 0.497 e. The number of hydrogen-bond acceptors (Lipinski definition) is 5. The molecule has 2 rings (SSSR count). The number of thiophene rings is 1. The van der Waals surface area contributed by atoms with Crippen LogP contribution < -0.4 is 15.2 Å². The zero-order chi connectivity index (χ0) is 14.8. The molecule has 2 aromatic rings. The number of aryl methyl sites for hydroxylation is 1. The summed E-state index contributed by atoms with van der Waals surface area (Å²) in [4.78, 5) is 1.02. The average Bonchev–Trinajstić information content (AvgIpc) is 2.90. The van der Waals surface area contributed by atoms with E-state index in [1.165, 1.54) is 18.4 Å². The van der Waals surface area contributed by atoms with Crippen LogP contribution in [0.15, 0.2) is 34.5 Å². The number of sulfonamides is 1. The maximum absolute atomic E-state index is 12.3. The number of anilines is 2. The van der Waals surface area contributed by atoms with Crippen LogP contribution in [0.2, 0.25) is 0 Å². The molecule has 0 aliphatic heterocycles. The van der Waals surface area contributed by atoms with E-state index < -0.39 is 10.0 Å². The second kappa shape index (κ2) is 5.72. The number of benzene rings is 1. The second-order valence-electron chi connectivity index (χ2n) is 4.13. The molecule has 0 spiro atoms. The SMILES string of the molecule is CCc1ccc(S(=O)(=O)Nc2ccc(OC)cc2N)s1. The van der Waals surface area contributed by atoms with E-state index in [9.17, 15) is 8.42 Å². The zero-order valence-electron chi connectivity index (χ0n) is 11.2. The highest BCUT2D eigenvalue weighted by molar-refractivity contribution is 7.94. The van der Waals surface area contributed by atoms with Gasteiger partial charge in [-0.2, -0.15) is 0 Å². The van der Waals surface area contributed by atoms with Crippen molar-refractivity contribution in [3.63, 3.8) is 0 Å². The smallest absolute Gasteiger partial charge is 0.271 e. The van der Waals surface area contributed by atoms with Crippen LogP contribution in [0.4, 0.5) is 11.4 Å². The van der Waals surface area contributed by atoms with E-state index in [1.54, 1.807) is 24.3 Å². The van der Waals surface area contributed by atoms with Crippen LogP contribution in [0, 0.1) is 0 Å². The van der Waals surface area contributed by atoms with Crippen molar-refractivity contribution in [2.45, 2.75) is 17.6 Å². The normalized spacial score (nSPS) is 11.3. The molecule has 0 saturated heterocycles. The minimum absolute atomic E-state index is 0.282. The van der Waals surface area contributed by atoms with E-state index in [1.807, 2.05) is 13.0 Å². The van der Waals surface area contributed by atoms with E-state index in [2.05, 4.69) is 4.72 Å². The summed E-state index contributed by atoms with van der Waals surface area (Å²) in [5.74, 6) is 0.579. The number of hydrogen-bond donors (Lipinski definition) is 2. The summed E-state index contributed by atoms with van der Waals surface area (Å²) in [5, 5.41) is 0. The molecule has 0 radical (unpaired) electrons. The Bertz CT molecular complexity index is 708. The molecule has 1 aromatic carbocycles. The van der Waals surface area contributed by atoms with E-state index in [0.29, 0.717) is 17.1 Å². The summed E-state index contributed by atoms with van der Waals surface area (Å²) in [6.07, 6.45) is 0.810. The van der Waals surface area contributed by atoms with Crippen molar-refractivity contribution in [3.8, 4) is 5.75 Å². The summed E-state index contributed by atoms with van der Waals surface area (Å²) < 4.78 is 32.3. The fourth-order valence-corrected chi connectivity index (χ4v) is 4.03. The van der Waals surface area contributed by atoms with Crippen LogP contribution >= 0.6 is 11.3 Å². The Kier molecular flexibility index (Phi) is 4.20. The van der Waals surface area contributed by atoms with Gasteiger partial charge in [-0.1, -0.05) is 6.92 Å². The number of nitrogens with one attached hydrogen (secondary N) is 1. The molecule has 3 N–H and O–H groups in total. The highest BCUT2D eigenvalue weighted by Crippen LogP contribution is 2.28. The van der Waals surface area contributed by atoms with Gasteiger partial charge in [0.1, 0.15) is 9.96 Å². The summed E-state index contributed by atoms with van der Waals surface area (Å²) in [6, 6.07) is 8.23. The van der Waals surface area contributed by atoms with E-state index >= 15 is 0 Å². The van der Waals surface area contributed by atoms with Gasteiger partial charge in [-0.3, -0.25) is 4.72 Å². The van der Waals surface area contributed by atoms with E-state index in [-0.39, 0.29) is 4.21 Å². The Hall–Kier alpha value is -1.73. The molecule has 1 heterocycles. The molecule has 0 fully saturated rings. The molecule has 7 heteroatoms. The van der Waals surface area contributed by atoms with Crippen LogP contribution in [0.25, 0.3) is 0 Å². The van der Waals surface area contributed by atoms with Gasteiger partial charge in [0.2, 0.25) is 0 Å². The van der Waals surface area contributed by atoms with Crippen LogP contribution in [0.5, 0.6) is 5.75 Å². The molecule has 0 aliphatic carbocycles. The Morgan fingerprint density at radius 1 is 1.30 bits per heavy atom. The van der Waals surface area contributed by atoms with Gasteiger partial charge >= 0.3 is 0 Å². The molecular weight excluding hydrogens is 296 g/mol. The maximum Gasteiger partial charge on any atom is 0.271 e. The molecule has 1 aromatic heterocycles. The highest BCUT2D eigenvalue weighted by Gasteiger charge is 2.18. The molecule has 0 atom stereocenters. The zero-order valence-corrected chi connectivity index (χ0v) is 12.8. The number of methoxy groups -OCH3 is 1. The van der Waals surface area contributed by atoms with Crippen LogP contribution in [0.3, 0.4) is 0 Å². The van der Waals surface area contributed by atoms with Crippen molar-refractivity contribution in [2.75, 3.05) is 17.6 Å². The van der Waals surface area contributed by atoms with Gasteiger partial charge in [-0.15, -0.1) is 11.3 Å². The third kappa shape index (κ3) is 3.05. The number of ether oxygens (including phenoxy) is 1. The average molecular weight is 312 g/mol. The lowest BCUT2D eigenvalue weighted by Crippen LogP contribution is -2.12. The van der Waals surface area contributed by atoms with E-state index in [4.69, 9.17) is 10.5 Å². The summed E-state index contributed by atoms with van der Waals surface area (Å²) in [5.41, 5.74) is 6.47. The van der Waals surface area contributed by atoms with Crippen LogP contribution in [-0.2, 0) is 16.4 Å². The minimum Gasteiger partial charge on any atom is -0.497 e. The fraction of sp³-hybridized carbons (Fsp3) is 0.231. The fourth-order valence-electron chi connectivity index (χ4n) is 1.65. The molecule has 0 saturated carbocycles. The second-order valence-corrected chi connectivity index (χ2v) is 7.21. The molecular formula is C13H16N2O3S2. The first-order chi connectivity index (χ1) is 9.46. The molecule has 0 aliphatic rings. The lowest BCUT2D eigenvalue weighted by molar-refractivity contribution is 0.415. The van der Waals surface area contributed by atoms with Gasteiger partial charge in [0.05, 0.1) is 18.5 Å². The van der Waals surface area contributed by atoms with Crippen molar-refractivity contribution in [3.05, 3.63) is 35.2 Å². The standard InChI is InChI=1S/C13H16N2O3S2/c1-3-10-5-7-13(19-10)20(16,17)15-12-6-4-9(18-2)8-11(12)14/h4-8,15H,3,14H2,1-2H3. The molecule has 0 amide bonds. The predicted octanol–water partition coefficient (Wildman–Crippen LogP) is 2.70. The van der Waals surface area contributed by atoms with E-state index in [0.717, 1.165) is 11.3 Å². The van der Waals surface area contributed by atoms with Gasteiger partial charge in [0.15, 0.2) is 0 Å². The lowest BCUT2D eigenvalue weighted by atomic mass is 10.2. The Morgan fingerprint density at radius 2 is 2.05 bits per heavy atom. The van der Waals surface area contributed by atoms with Crippen molar-refractivity contribution in [2.24, 2.45) is 0 Å². The first-order valence-electron chi connectivity index (χ1n) is 6.01. The monoisotopic (exact) mass is 312 g/mol. The Morgan fingerprint density at radius 3 is 2.60 bits per heavy atom. The number of rotatable bonds is 5. The molecule has 0 unspecified atom stereocenters. The maximum atomic E-state index is 12.3. The summed E-state index contributed by atoms with van der Waals surface area (Å²) in [7, 11) is -2.07. The topological polar surface area (TPSA) is 81.4 Å². The van der Waals surface area contributed by atoms with Crippen LogP contribution in [0.1, 0.15) is 11.8 Å². The lowest BCUT2D eigenvalue weighted by Gasteiger charge is -2.10. The minimum atomic E-state index is -3.60. The molecule has 20 heavy (non-hydrogen) atoms. The van der Waals surface area contributed by atoms with Gasteiger partial charge in [0, 0.05) is 10.9 Å². The van der Waals surface area contributed by atoms with Crippen molar-refractivity contribution in [1.29, 1.82) is 0 Å². The number of nitrogens with two attached hydrogens (primary N) is 1. The Balaban J connectivity index is 2.28. The quantitative estimate of drug-likeness (QED) is 0.832. The first-order valence-corrected chi connectivity index (χ1v) is 8.31. The first kappa shape index (κ1) is 14.7. The number of nitrogen functional groups attached to an aromatic ring is 1. The Labute approximate surface area is 122 Å². The predicted molar refractivity (Wildman–Crippen MR) is 81.9 cm³/mol. The summed E-state index contributed by atoms with van der Waals surface area (Å²) in [6.45, 7) is 1.98. The highest BCUT2D eigenvalue weighted by atomic mass is 32.2. The summed E-state index contributed by atoms with van der Waals surface area (Å²) >= 11 is 1.26. The van der Waals surface area contributed by atoms with Crippen molar-refractivity contribution in [1.82, 2.24) is 0 Å². The van der Waals surface area contributed by atoms with Gasteiger partial charge < -0.3 is 10.5 Å². The van der Waals surface area contributed by atoms with Gasteiger partial charge in [-0.25, -0.2) is 8.42 Å². The van der Waals surface area contributed by atoms with Crippen LogP contribution in [-0.4, -0.2) is 15.5 Å². The third-order valence-electron chi connectivity index (χ3n) is 2.75. The van der Waals surface area contributed by atoms with Crippen molar-refractivity contribution >= 4 is 32.7 Å². The van der Waals surface area contributed by atoms with Crippen molar-refractivity contribution < 1.29 is 13.2 Å².